The van der Waals surface area contributed by atoms with Gasteiger partial charge in [-0.05, 0) is 24.3 Å². The van der Waals surface area contributed by atoms with Gasteiger partial charge in [-0.3, -0.25) is 19.8 Å². The van der Waals surface area contributed by atoms with Crippen LogP contribution in [0.25, 0.3) is 0 Å². The van der Waals surface area contributed by atoms with Crippen molar-refractivity contribution in [3.63, 3.8) is 0 Å². The van der Waals surface area contributed by atoms with Gasteiger partial charge in [0.05, 0.1) is 5.69 Å². The largest absolute Gasteiger partial charge is 0.465 e. The summed E-state index contributed by atoms with van der Waals surface area (Å²) >= 11 is 0. The molecule has 3 heterocycles. The molecule has 3 aromatic rings. The first-order valence-electron chi connectivity index (χ1n) is 7.24. The molecule has 3 N–H and O–H groups in total. The Morgan fingerprint density at radius 3 is 2.92 bits per heavy atom. The quantitative estimate of drug-likeness (QED) is 0.439. The third kappa shape index (κ3) is 4.29. The maximum atomic E-state index is 11.2. The summed E-state index contributed by atoms with van der Waals surface area (Å²) in [4.78, 5) is 37.5. The first-order chi connectivity index (χ1) is 12.6. The standard InChI is InChI=1S/C15H12N6O5/c22-14(23)18-11-5-1-4-10(17-11)8-25-20-12(9-3-2-6-16-7-9)13-19-15(24)26-21-13/h1-7H,8H2,(H,17,18)(H,22,23)(H,19,21,24). The molecule has 0 atom stereocenters. The highest BCUT2D eigenvalue weighted by Gasteiger charge is 2.14. The first-order valence-corrected chi connectivity index (χ1v) is 7.24. The van der Waals surface area contributed by atoms with E-state index in [-0.39, 0.29) is 24.0 Å². The van der Waals surface area contributed by atoms with Gasteiger partial charge < -0.3 is 9.94 Å². The molecule has 0 unspecified atom stereocenters. The summed E-state index contributed by atoms with van der Waals surface area (Å²) < 4.78 is 4.49. The number of aromatic amines is 1. The number of rotatable bonds is 6. The van der Waals surface area contributed by atoms with Crippen LogP contribution in [0.2, 0.25) is 0 Å². The zero-order valence-corrected chi connectivity index (χ0v) is 13.1. The van der Waals surface area contributed by atoms with Crippen LogP contribution in [0, 0.1) is 0 Å². The second-order valence-electron chi connectivity index (χ2n) is 4.84. The van der Waals surface area contributed by atoms with Crippen molar-refractivity contribution in [2.75, 3.05) is 5.32 Å². The first kappa shape index (κ1) is 16.8. The summed E-state index contributed by atoms with van der Waals surface area (Å²) in [5.74, 6) is -0.487. The number of oxime groups is 1. The maximum absolute atomic E-state index is 11.2. The van der Waals surface area contributed by atoms with Crippen LogP contribution in [0.5, 0.6) is 0 Å². The van der Waals surface area contributed by atoms with Crippen molar-refractivity contribution in [3.05, 3.63) is 70.4 Å². The Labute approximate surface area is 145 Å². The Morgan fingerprint density at radius 2 is 2.23 bits per heavy atom. The number of aromatic nitrogens is 4. The lowest BCUT2D eigenvalue weighted by molar-refractivity contribution is 0.128. The minimum Gasteiger partial charge on any atom is -0.465 e. The summed E-state index contributed by atoms with van der Waals surface area (Å²) in [6, 6.07) is 8.16. The summed E-state index contributed by atoms with van der Waals surface area (Å²) in [5.41, 5.74) is 1.20. The molecule has 0 spiro atoms. The van der Waals surface area contributed by atoms with E-state index in [0.717, 1.165) is 0 Å². The van der Waals surface area contributed by atoms with E-state index in [1.54, 1.807) is 30.5 Å². The fourth-order valence-corrected chi connectivity index (χ4v) is 1.97. The van der Waals surface area contributed by atoms with Crippen molar-refractivity contribution in [2.45, 2.75) is 6.61 Å². The molecular formula is C15H12N6O5. The molecule has 26 heavy (non-hydrogen) atoms. The van der Waals surface area contributed by atoms with Gasteiger partial charge in [-0.2, -0.15) is 0 Å². The molecule has 3 aromatic heterocycles. The molecule has 0 fully saturated rings. The molecule has 1 amide bonds. The normalized spacial score (nSPS) is 11.2. The average molecular weight is 356 g/mol. The predicted octanol–water partition coefficient (Wildman–Crippen LogP) is 1.21. The van der Waals surface area contributed by atoms with Gasteiger partial charge in [-0.25, -0.2) is 14.6 Å². The fourth-order valence-electron chi connectivity index (χ4n) is 1.97. The number of nitrogens with one attached hydrogen (secondary N) is 2. The Kier molecular flexibility index (Phi) is 4.98. The van der Waals surface area contributed by atoms with Crippen molar-refractivity contribution in [3.8, 4) is 0 Å². The number of hydrogen-bond acceptors (Lipinski definition) is 8. The number of hydrogen-bond donors (Lipinski definition) is 3. The zero-order chi connectivity index (χ0) is 18.4. The number of carboxylic acid groups (broad SMARTS) is 1. The lowest BCUT2D eigenvalue weighted by Crippen LogP contribution is -2.10. The van der Waals surface area contributed by atoms with Gasteiger partial charge in [0.2, 0.25) is 5.82 Å². The highest BCUT2D eigenvalue weighted by molar-refractivity contribution is 6.09. The number of anilines is 1. The number of amides is 1. The van der Waals surface area contributed by atoms with Gasteiger partial charge in [0.1, 0.15) is 5.82 Å². The fraction of sp³-hybridized carbons (Fsp3) is 0.0667. The van der Waals surface area contributed by atoms with E-state index < -0.39 is 11.8 Å². The molecule has 132 valence electrons. The molecule has 0 radical (unpaired) electrons. The third-order valence-corrected chi connectivity index (χ3v) is 3.01. The Morgan fingerprint density at radius 1 is 1.35 bits per heavy atom. The second kappa shape index (κ2) is 7.70. The number of nitrogens with zero attached hydrogens (tertiary/aromatic N) is 4. The van der Waals surface area contributed by atoms with Gasteiger partial charge in [-0.15, -0.1) is 0 Å². The van der Waals surface area contributed by atoms with Crippen LogP contribution >= 0.6 is 0 Å². The van der Waals surface area contributed by atoms with E-state index >= 15 is 0 Å². The van der Waals surface area contributed by atoms with Crippen LogP contribution < -0.4 is 11.1 Å². The minimum atomic E-state index is -1.22. The van der Waals surface area contributed by atoms with Crippen LogP contribution in [0.3, 0.4) is 0 Å². The van der Waals surface area contributed by atoms with E-state index in [1.165, 1.54) is 12.3 Å². The molecule has 0 saturated carbocycles. The van der Waals surface area contributed by atoms with Gasteiger partial charge in [0, 0.05) is 18.0 Å². The van der Waals surface area contributed by atoms with E-state index in [1.807, 2.05) is 0 Å². The molecule has 0 aliphatic rings. The minimum absolute atomic E-state index is 0.0407. The van der Waals surface area contributed by atoms with Crippen molar-refractivity contribution < 1.29 is 19.3 Å². The number of carbonyl (C=O) groups is 1. The summed E-state index contributed by atoms with van der Waals surface area (Å²) in [6.45, 7) is -0.0407. The smallest absolute Gasteiger partial charge is 0.439 e. The van der Waals surface area contributed by atoms with E-state index in [4.69, 9.17) is 9.94 Å². The average Bonchev–Trinajstić information content (AvgIpc) is 3.05. The van der Waals surface area contributed by atoms with Gasteiger partial charge in [0.25, 0.3) is 0 Å². The molecule has 0 aliphatic carbocycles. The van der Waals surface area contributed by atoms with Gasteiger partial charge in [0.15, 0.2) is 12.3 Å². The number of pyridine rings is 2. The van der Waals surface area contributed by atoms with Crippen molar-refractivity contribution in [2.24, 2.45) is 5.16 Å². The van der Waals surface area contributed by atoms with Crippen molar-refractivity contribution in [1.29, 1.82) is 0 Å². The summed E-state index contributed by atoms with van der Waals surface area (Å²) in [5, 5.41) is 18.4. The Hall–Kier alpha value is -4.02. The van der Waals surface area contributed by atoms with Gasteiger partial charge in [-0.1, -0.05) is 16.4 Å². The van der Waals surface area contributed by atoms with Crippen LogP contribution in [-0.4, -0.2) is 37.0 Å². The van der Waals surface area contributed by atoms with Crippen molar-refractivity contribution in [1.82, 2.24) is 20.1 Å². The lowest BCUT2D eigenvalue weighted by atomic mass is 10.2. The monoisotopic (exact) mass is 356 g/mol. The lowest BCUT2D eigenvalue weighted by Gasteiger charge is -2.05. The molecule has 11 nitrogen and oxygen atoms in total. The molecule has 3 rings (SSSR count). The Bertz CT molecular complexity index is 981. The highest BCUT2D eigenvalue weighted by Crippen LogP contribution is 2.09. The maximum Gasteiger partial charge on any atom is 0.439 e. The number of H-pyrrole nitrogens is 1. The zero-order valence-electron chi connectivity index (χ0n) is 13.1. The summed E-state index contributed by atoms with van der Waals surface area (Å²) in [6.07, 6.45) is 1.88. The Balaban J connectivity index is 1.79. The molecule has 0 saturated heterocycles. The topological polar surface area (TPSA) is 156 Å². The van der Waals surface area contributed by atoms with Crippen LogP contribution in [0.15, 0.2) is 57.2 Å². The molecule has 0 bridgehead atoms. The van der Waals surface area contributed by atoms with E-state index in [2.05, 4.69) is 35.1 Å². The van der Waals surface area contributed by atoms with Gasteiger partial charge >= 0.3 is 11.8 Å². The molecule has 0 aliphatic heterocycles. The predicted molar refractivity (Wildman–Crippen MR) is 87.7 cm³/mol. The van der Waals surface area contributed by atoms with Crippen molar-refractivity contribution >= 4 is 17.6 Å². The summed E-state index contributed by atoms with van der Waals surface area (Å²) in [7, 11) is 0. The molecular weight excluding hydrogens is 344 g/mol. The van der Waals surface area contributed by atoms with E-state index in [0.29, 0.717) is 11.3 Å². The third-order valence-electron chi connectivity index (χ3n) is 3.01. The highest BCUT2D eigenvalue weighted by atomic mass is 16.6. The van der Waals surface area contributed by atoms with Crippen LogP contribution in [-0.2, 0) is 11.4 Å². The molecule has 0 aromatic carbocycles. The second-order valence-corrected chi connectivity index (χ2v) is 4.84. The van der Waals surface area contributed by atoms with Crippen LogP contribution in [0.1, 0.15) is 17.1 Å². The molecule has 11 heteroatoms. The SMILES string of the molecule is O=C(O)Nc1cccc(CON=C(c2cccnc2)c2noc(=O)[nH]2)n1. The van der Waals surface area contributed by atoms with Crippen LogP contribution in [0.4, 0.5) is 10.6 Å². The van der Waals surface area contributed by atoms with E-state index in [9.17, 15) is 9.59 Å².